The number of methoxy groups -OCH3 is 1. The van der Waals surface area contributed by atoms with E-state index >= 15 is 0 Å². The van der Waals surface area contributed by atoms with Crippen molar-refractivity contribution in [3.05, 3.63) is 95.6 Å². The molecular formula is C29H27NO5. The summed E-state index contributed by atoms with van der Waals surface area (Å²) in [7, 11) is 1.32. The van der Waals surface area contributed by atoms with E-state index in [0.29, 0.717) is 0 Å². The molecule has 1 heterocycles. The summed E-state index contributed by atoms with van der Waals surface area (Å²) in [6.45, 7) is 1.93. The van der Waals surface area contributed by atoms with Crippen LogP contribution in [-0.4, -0.2) is 48.9 Å². The predicted octanol–water partition coefficient (Wildman–Crippen LogP) is 3.95. The lowest BCUT2D eigenvalue weighted by atomic mass is 9.78. The predicted molar refractivity (Wildman–Crippen MR) is 130 cm³/mol. The summed E-state index contributed by atoms with van der Waals surface area (Å²) in [6, 6.07) is 25.2. The van der Waals surface area contributed by atoms with Gasteiger partial charge in [0.15, 0.2) is 5.78 Å². The molecule has 6 nitrogen and oxygen atoms in total. The number of fused-ring (bicyclic) bond motifs is 3. The van der Waals surface area contributed by atoms with Gasteiger partial charge >= 0.3 is 11.9 Å². The highest BCUT2D eigenvalue weighted by Gasteiger charge is 2.59. The van der Waals surface area contributed by atoms with Gasteiger partial charge in [0.05, 0.1) is 38.1 Å². The first-order chi connectivity index (χ1) is 17.0. The lowest BCUT2D eigenvalue weighted by molar-refractivity contribution is -0.151. The van der Waals surface area contributed by atoms with Gasteiger partial charge in [-0.25, -0.2) is 0 Å². The molecule has 0 aromatic heterocycles. The van der Waals surface area contributed by atoms with Gasteiger partial charge in [-0.2, -0.15) is 0 Å². The molecule has 1 aliphatic heterocycles. The van der Waals surface area contributed by atoms with Gasteiger partial charge in [0.25, 0.3) is 0 Å². The molecule has 6 heteroatoms. The molecule has 2 aliphatic rings. The second-order valence-electron chi connectivity index (χ2n) is 8.85. The summed E-state index contributed by atoms with van der Waals surface area (Å²) in [4.78, 5) is 41.1. The van der Waals surface area contributed by atoms with Crippen molar-refractivity contribution in [1.29, 1.82) is 0 Å². The fourth-order valence-corrected chi connectivity index (χ4v) is 5.82. The minimum atomic E-state index is -0.948. The fourth-order valence-electron chi connectivity index (χ4n) is 5.82. The molecule has 35 heavy (non-hydrogen) atoms. The van der Waals surface area contributed by atoms with Crippen molar-refractivity contribution in [3.63, 3.8) is 0 Å². The van der Waals surface area contributed by atoms with Crippen LogP contribution in [0.4, 0.5) is 0 Å². The maximum absolute atomic E-state index is 13.5. The molecular weight excluding hydrogens is 442 g/mol. The number of likely N-dealkylation sites (tertiary alicyclic amines) is 1. The van der Waals surface area contributed by atoms with Crippen LogP contribution in [0.15, 0.2) is 78.9 Å². The molecule has 0 bridgehead atoms. The molecule has 0 radical (unpaired) electrons. The number of benzene rings is 3. The summed E-state index contributed by atoms with van der Waals surface area (Å²) < 4.78 is 10.4. The summed E-state index contributed by atoms with van der Waals surface area (Å²) in [5.74, 6) is -2.07. The third-order valence-corrected chi connectivity index (χ3v) is 7.14. The van der Waals surface area contributed by atoms with E-state index in [4.69, 9.17) is 9.47 Å². The van der Waals surface area contributed by atoms with Crippen molar-refractivity contribution >= 4 is 17.7 Å². The molecule has 1 fully saturated rings. The lowest BCUT2D eigenvalue weighted by Crippen LogP contribution is -2.53. The average molecular weight is 470 g/mol. The maximum atomic E-state index is 13.5. The normalized spacial score (nSPS) is 20.2. The molecule has 5 rings (SSSR count). The van der Waals surface area contributed by atoms with Crippen LogP contribution in [0.3, 0.4) is 0 Å². The van der Waals surface area contributed by atoms with E-state index in [1.807, 2.05) is 59.5 Å². The van der Waals surface area contributed by atoms with Crippen molar-refractivity contribution < 1.29 is 23.9 Å². The Morgan fingerprint density at radius 3 is 2.06 bits per heavy atom. The highest BCUT2D eigenvalue weighted by atomic mass is 16.5. The van der Waals surface area contributed by atoms with Gasteiger partial charge in [-0.05, 0) is 34.7 Å². The summed E-state index contributed by atoms with van der Waals surface area (Å²) in [5.41, 5.74) is 4.12. The standard InChI is InChI=1S/C29H27NO5/c1-3-35-26(32)17-22-25(31)18-30(27(22)28(33)34-2)29(19-11-5-4-6-12-19)23-15-9-7-13-20(23)21-14-8-10-16-24(21)29/h4-16,22,27H,3,17-18H2,1-2H3/t22-,27-/m0/s1. The Morgan fingerprint density at radius 2 is 1.49 bits per heavy atom. The Kier molecular flexibility index (Phi) is 5.99. The van der Waals surface area contributed by atoms with Crippen molar-refractivity contribution in [2.75, 3.05) is 20.3 Å². The molecule has 0 amide bonds. The molecule has 3 aromatic carbocycles. The Labute approximate surface area is 204 Å². The number of carbonyl (C=O) groups excluding carboxylic acids is 3. The number of hydrogen-bond acceptors (Lipinski definition) is 6. The molecule has 2 atom stereocenters. The number of carbonyl (C=O) groups is 3. The Hall–Kier alpha value is -3.77. The number of ketones is 1. The van der Waals surface area contributed by atoms with Crippen molar-refractivity contribution in [3.8, 4) is 11.1 Å². The molecule has 1 aliphatic carbocycles. The molecule has 1 saturated heterocycles. The number of nitrogens with zero attached hydrogens (tertiary/aromatic N) is 1. The van der Waals surface area contributed by atoms with Crippen LogP contribution in [0.25, 0.3) is 11.1 Å². The van der Waals surface area contributed by atoms with Gasteiger partial charge in [0.2, 0.25) is 0 Å². The molecule has 0 N–H and O–H groups in total. The minimum absolute atomic E-state index is 0.00139. The van der Waals surface area contributed by atoms with Gasteiger partial charge in [0, 0.05) is 0 Å². The van der Waals surface area contributed by atoms with E-state index in [1.54, 1.807) is 6.92 Å². The number of esters is 2. The third kappa shape index (κ3) is 3.48. The molecule has 0 unspecified atom stereocenters. The fraction of sp³-hybridized carbons (Fsp3) is 0.276. The topological polar surface area (TPSA) is 72.9 Å². The monoisotopic (exact) mass is 469 g/mol. The molecule has 3 aromatic rings. The van der Waals surface area contributed by atoms with Crippen LogP contribution in [0.1, 0.15) is 30.0 Å². The largest absolute Gasteiger partial charge is 0.468 e. The maximum Gasteiger partial charge on any atom is 0.323 e. The minimum Gasteiger partial charge on any atom is -0.468 e. The van der Waals surface area contributed by atoms with Crippen molar-refractivity contribution in [2.24, 2.45) is 5.92 Å². The van der Waals surface area contributed by atoms with Gasteiger partial charge in [-0.15, -0.1) is 0 Å². The van der Waals surface area contributed by atoms with Crippen LogP contribution in [0, 0.1) is 5.92 Å². The van der Waals surface area contributed by atoms with Crippen molar-refractivity contribution in [2.45, 2.75) is 24.9 Å². The Morgan fingerprint density at radius 1 is 0.914 bits per heavy atom. The summed E-state index contributed by atoms with van der Waals surface area (Å²) >= 11 is 0. The summed E-state index contributed by atoms with van der Waals surface area (Å²) in [6.07, 6.45) is -0.170. The van der Waals surface area contributed by atoms with E-state index in [0.717, 1.165) is 27.8 Å². The van der Waals surface area contributed by atoms with Gasteiger partial charge < -0.3 is 9.47 Å². The number of Topliss-reactive ketones (excluding diaryl/α,β-unsaturated/α-hetero) is 1. The van der Waals surface area contributed by atoms with Gasteiger partial charge in [-0.3, -0.25) is 19.3 Å². The Bertz CT molecular complexity index is 1240. The van der Waals surface area contributed by atoms with E-state index in [1.165, 1.54) is 7.11 Å². The molecule has 0 spiro atoms. The molecule has 178 valence electrons. The third-order valence-electron chi connectivity index (χ3n) is 7.14. The number of ether oxygens (including phenoxy) is 2. The second kappa shape index (κ2) is 9.12. The second-order valence-corrected chi connectivity index (χ2v) is 8.85. The molecule has 0 saturated carbocycles. The number of rotatable bonds is 6. The first-order valence-corrected chi connectivity index (χ1v) is 11.8. The average Bonchev–Trinajstić information content (AvgIpc) is 3.37. The first-order valence-electron chi connectivity index (χ1n) is 11.8. The SMILES string of the molecule is CCOC(=O)C[C@H]1C(=O)CN(C2(c3ccccc3)c3ccccc3-c3ccccc32)[C@@H]1C(=O)OC. The van der Waals surface area contributed by atoms with Crippen LogP contribution in [0.2, 0.25) is 0 Å². The zero-order valence-corrected chi connectivity index (χ0v) is 19.8. The van der Waals surface area contributed by atoms with E-state index in [-0.39, 0.29) is 25.4 Å². The zero-order chi connectivity index (χ0) is 24.6. The van der Waals surface area contributed by atoms with Crippen molar-refractivity contribution in [1.82, 2.24) is 4.90 Å². The lowest BCUT2D eigenvalue weighted by Gasteiger charge is -2.43. The smallest absolute Gasteiger partial charge is 0.323 e. The van der Waals surface area contributed by atoms with Crippen LogP contribution < -0.4 is 0 Å². The summed E-state index contributed by atoms with van der Waals surface area (Å²) in [5, 5.41) is 0. The van der Waals surface area contributed by atoms with Crippen LogP contribution in [0.5, 0.6) is 0 Å². The van der Waals surface area contributed by atoms with E-state index in [2.05, 4.69) is 24.3 Å². The Balaban J connectivity index is 1.77. The zero-order valence-electron chi connectivity index (χ0n) is 19.8. The van der Waals surface area contributed by atoms with Crippen LogP contribution >= 0.6 is 0 Å². The van der Waals surface area contributed by atoms with E-state index in [9.17, 15) is 14.4 Å². The van der Waals surface area contributed by atoms with Gasteiger partial charge in [-0.1, -0.05) is 78.9 Å². The number of hydrogen-bond donors (Lipinski definition) is 0. The quantitative estimate of drug-likeness (QED) is 0.509. The van der Waals surface area contributed by atoms with Crippen LogP contribution in [-0.2, 0) is 29.4 Å². The first kappa shape index (κ1) is 23.0. The highest BCUT2D eigenvalue weighted by Crippen LogP contribution is 2.56. The van der Waals surface area contributed by atoms with E-state index < -0.39 is 29.4 Å². The highest BCUT2D eigenvalue weighted by molar-refractivity contribution is 5.97. The van der Waals surface area contributed by atoms with Gasteiger partial charge in [0.1, 0.15) is 6.04 Å².